The molecule has 2 aliphatic rings. The molecule has 2 aliphatic heterocycles. The molecule has 0 atom stereocenters. The Morgan fingerprint density at radius 1 is 1.46 bits per heavy atom. The minimum absolute atomic E-state index is 0.0388. The third-order valence-corrected chi connectivity index (χ3v) is 3.12. The van der Waals surface area contributed by atoms with Crippen LogP contribution in [-0.4, -0.2) is 41.1 Å². The Labute approximate surface area is 81.3 Å². The van der Waals surface area contributed by atoms with Crippen molar-refractivity contribution >= 4 is 29.9 Å². The van der Waals surface area contributed by atoms with Gasteiger partial charge in [0.1, 0.15) is 12.9 Å². The molecule has 70 valence electrons. The number of Topliss-reactive ketones (excluding diaryl/α,β-unsaturated/α-hetero) is 1. The molecular weight excluding hydrogens is 186 g/mol. The molecule has 2 rings (SSSR count). The normalized spacial score (nSPS) is 23.2. The third kappa shape index (κ3) is 1.91. The summed E-state index contributed by atoms with van der Waals surface area (Å²) in [6.45, 7) is 1.19. The Hall–Kier alpha value is -0.840. The maximum absolute atomic E-state index is 11.4. The van der Waals surface area contributed by atoms with E-state index in [2.05, 4.69) is 9.98 Å². The number of ketones is 1. The number of aliphatic imine (C=N–C) groups is 2. The second-order valence-electron chi connectivity index (χ2n) is 2.97. The number of carbonyl (C=O) groups is 1. The van der Waals surface area contributed by atoms with E-state index in [9.17, 15) is 4.79 Å². The quantitative estimate of drug-likeness (QED) is 0.538. The summed E-state index contributed by atoms with van der Waals surface area (Å²) in [4.78, 5) is 19.2. The number of carbonyl (C=O) groups excluding carboxylic acids is 1. The summed E-state index contributed by atoms with van der Waals surface area (Å²) in [5, 5.41) is 0. The summed E-state index contributed by atoms with van der Waals surface area (Å²) in [6, 6.07) is 0. The summed E-state index contributed by atoms with van der Waals surface area (Å²) in [5.74, 6) is 1.71. The molecule has 0 saturated carbocycles. The number of hydrogen-bond acceptors (Lipinski definition) is 5. The summed E-state index contributed by atoms with van der Waals surface area (Å²) in [6.07, 6.45) is 3.86. The Bertz CT molecular complexity index is 269. The molecule has 0 aromatic rings. The first-order valence-corrected chi connectivity index (χ1v) is 5.32. The van der Waals surface area contributed by atoms with E-state index in [1.54, 1.807) is 11.9 Å². The number of nitrogens with zero attached hydrogens (tertiary/aromatic N) is 3. The van der Waals surface area contributed by atoms with Gasteiger partial charge in [0.05, 0.1) is 0 Å². The molecule has 1 fully saturated rings. The highest BCUT2D eigenvalue weighted by molar-refractivity contribution is 7.97. The van der Waals surface area contributed by atoms with Gasteiger partial charge in [-0.15, -0.1) is 0 Å². The lowest BCUT2D eigenvalue weighted by Gasteiger charge is -2.27. The zero-order valence-electron chi connectivity index (χ0n) is 7.27. The molecule has 0 aliphatic carbocycles. The van der Waals surface area contributed by atoms with Crippen LogP contribution in [0.4, 0.5) is 0 Å². The van der Waals surface area contributed by atoms with Crippen LogP contribution in [-0.2, 0) is 4.79 Å². The third-order valence-electron chi connectivity index (χ3n) is 1.98. The molecule has 0 spiro atoms. The number of amidine groups is 1. The molecule has 5 heteroatoms. The smallest absolute Gasteiger partial charge is 0.220 e. The van der Waals surface area contributed by atoms with E-state index in [1.807, 2.05) is 4.31 Å². The fraction of sp³-hybridized carbons (Fsp3) is 0.625. The van der Waals surface area contributed by atoms with Crippen molar-refractivity contribution in [2.45, 2.75) is 12.8 Å². The molecule has 0 aromatic carbocycles. The van der Waals surface area contributed by atoms with Gasteiger partial charge in [-0.05, 0) is 24.8 Å². The van der Waals surface area contributed by atoms with Crippen molar-refractivity contribution in [3.8, 4) is 0 Å². The Morgan fingerprint density at radius 2 is 2.38 bits per heavy atom. The first kappa shape index (κ1) is 8.74. The van der Waals surface area contributed by atoms with Gasteiger partial charge in [0.25, 0.3) is 0 Å². The summed E-state index contributed by atoms with van der Waals surface area (Å²) < 4.78 is 2.00. The molecule has 13 heavy (non-hydrogen) atoms. The second-order valence-corrected chi connectivity index (χ2v) is 4.08. The van der Waals surface area contributed by atoms with E-state index in [0.29, 0.717) is 5.84 Å². The Kier molecular flexibility index (Phi) is 2.63. The standard InChI is InChI=1S/C8H11N3OS/c12-7-5-9-6-10-8(7)11-3-1-2-4-13-11/h6H,1-5H2. The topological polar surface area (TPSA) is 45.0 Å². The largest absolute Gasteiger partial charge is 0.298 e. The van der Waals surface area contributed by atoms with Crippen LogP contribution in [0, 0.1) is 0 Å². The van der Waals surface area contributed by atoms with Crippen LogP contribution >= 0.6 is 11.9 Å². The average molecular weight is 197 g/mol. The SMILES string of the molecule is O=C1CN=CN=C1N1CCCCS1. The molecule has 2 heterocycles. The zero-order chi connectivity index (χ0) is 9.10. The van der Waals surface area contributed by atoms with Gasteiger partial charge in [0, 0.05) is 12.3 Å². The fourth-order valence-electron chi connectivity index (χ4n) is 1.33. The molecule has 0 bridgehead atoms. The second kappa shape index (κ2) is 3.91. The van der Waals surface area contributed by atoms with Gasteiger partial charge in [0.15, 0.2) is 5.84 Å². The van der Waals surface area contributed by atoms with Crippen molar-refractivity contribution in [1.29, 1.82) is 0 Å². The molecule has 0 unspecified atom stereocenters. The average Bonchev–Trinajstić information content (AvgIpc) is 2.20. The van der Waals surface area contributed by atoms with Crippen molar-refractivity contribution in [2.75, 3.05) is 18.8 Å². The van der Waals surface area contributed by atoms with E-state index in [1.165, 1.54) is 12.8 Å². The predicted octanol–water partition coefficient (Wildman–Crippen LogP) is 0.740. The van der Waals surface area contributed by atoms with Crippen molar-refractivity contribution in [1.82, 2.24) is 4.31 Å². The lowest BCUT2D eigenvalue weighted by atomic mass is 10.3. The minimum Gasteiger partial charge on any atom is -0.298 e. The van der Waals surface area contributed by atoms with Gasteiger partial charge in [0.2, 0.25) is 5.78 Å². The molecular formula is C8H11N3OS. The highest BCUT2D eigenvalue weighted by atomic mass is 32.2. The van der Waals surface area contributed by atoms with E-state index >= 15 is 0 Å². The summed E-state index contributed by atoms with van der Waals surface area (Å²) in [5.41, 5.74) is 0. The lowest BCUT2D eigenvalue weighted by Crippen LogP contribution is -2.37. The van der Waals surface area contributed by atoms with Gasteiger partial charge in [-0.2, -0.15) is 0 Å². The Balaban J connectivity index is 2.09. The molecule has 4 nitrogen and oxygen atoms in total. The van der Waals surface area contributed by atoms with Gasteiger partial charge in [-0.25, -0.2) is 4.99 Å². The first-order chi connectivity index (χ1) is 6.38. The predicted molar refractivity (Wildman–Crippen MR) is 54.2 cm³/mol. The van der Waals surface area contributed by atoms with E-state index < -0.39 is 0 Å². The molecule has 0 radical (unpaired) electrons. The monoisotopic (exact) mass is 197 g/mol. The van der Waals surface area contributed by atoms with Gasteiger partial charge < -0.3 is 0 Å². The highest BCUT2D eigenvalue weighted by Gasteiger charge is 2.22. The van der Waals surface area contributed by atoms with Crippen molar-refractivity contribution < 1.29 is 4.79 Å². The first-order valence-electron chi connectivity index (χ1n) is 4.37. The fourth-order valence-corrected chi connectivity index (χ4v) is 2.41. The van der Waals surface area contributed by atoms with Crippen LogP contribution in [0.1, 0.15) is 12.8 Å². The van der Waals surface area contributed by atoms with Crippen LogP contribution in [0.15, 0.2) is 9.98 Å². The Morgan fingerprint density at radius 3 is 3.08 bits per heavy atom. The van der Waals surface area contributed by atoms with Gasteiger partial charge in [-0.3, -0.25) is 14.1 Å². The molecule has 1 saturated heterocycles. The lowest BCUT2D eigenvalue weighted by molar-refractivity contribution is -0.112. The number of hydrogen-bond donors (Lipinski definition) is 0. The van der Waals surface area contributed by atoms with Crippen LogP contribution in [0.25, 0.3) is 0 Å². The van der Waals surface area contributed by atoms with Crippen LogP contribution < -0.4 is 0 Å². The van der Waals surface area contributed by atoms with Crippen LogP contribution in [0.5, 0.6) is 0 Å². The summed E-state index contributed by atoms with van der Waals surface area (Å²) >= 11 is 1.69. The van der Waals surface area contributed by atoms with Crippen LogP contribution in [0.3, 0.4) is 0 Å². The number of rotatable bonds is 0. The molecule has 0 aromatic heterocycles. The van der Waals surface area contributed by atoms with E-state index in [0.717, 1.165) is 18.7 Å². The molecule has 0 amide bonds. The maximum Gasteiger partial charge on any atom is 0.220 e. The maximum atomic E-state index is 11.4. The van der Waals surface area contributed by atoms with Crippen molar-refractivity contribution in [3.05, 3.63) is 0 Å². The van der Waals surface area contributed by atoms with Crippen LogP contribution in [0.2, 0.25) is 0 Å². The van der Waals surface area contributed by atoms with E-state index in [-0.39, 0.29) is 12.3 Å². The van der Waals surface area contributed by atoms with Gasteiger partial charge >= 0.3 is 0 Å². The molecule has 0 N–H and O–H groups in total. The van der Waals surface area contributed by atoms with Crippen molar-refractivity contribution in [3.63, 3.8) is 0 Å². The van der Waals surface area contributed by atoms with E-state index in [4.69, 9.17) is 0 Å². The zero-order valence-corrected chi connectivity index (χ0v) is 8.09. The highest BCUT2D eigenvalue weighted by Crippen LogP contribution is 2.20. The van der Waals surface area contributed by atoms with Crippen molar-refractivity contribution in [2.24, 2.45) is 9.98 Å². The van der Waals surface area contributed by atoms with Gasteiger partial charge in [-0.1, -0.05) is 0 Å². The summed E-state index contributed by atoms with van der Waals surface area (Å²) in [7, 11) is 0. The minimum atomic E-state index is 0.0388.